The second-order valence-corrected chi connectivity index (χ2v) is 7.30. The molecule has 3 nitrogen and oxygen atoms in total. The Balaban J connectivity index is 0. The van der Waals surface area contributed by atoms with Gasteiger partial charge in [0.25, 0.3) is 0 Å². The summed E-state index contributed by atoms with van der Waals surface area (Å²) in [6.07, 6.45) is 13.9. The lowest BCUT2D eigenvalue weighted by molar-refractivity contribution is -0.869. The lowest BCUT2D eigenvalue weighted by Gasteiger charge is -2.23. The molecule has 0 aliphatic rings. The molecule has 1 amide bonds. The number of halogens is 1. The molecule has 1 N–H and O–H groups in total. The fraction of sp³-hybridized carbons (Fsp3) is 0.944. The molecule has 0 bridgehead atoms. The minimum Gasteiger partial charge on any atom is -1.00 e. The number of unbranched alkanes of at least 4 members (excludes halogenated alkanes) is 9. The smallest absolute Gasteiger partial charge is 0.220 e. The van der Waals surface area contributed by atoms with Gasteiger partial charge in [-0.25, -0.2) is 0 Å². The van der Waals surface area contributed by atoms with E-state index in [4.69, 9.17) is 0 Å². The number of rotatable bonds is 14. The Kier molecular flexibility index (Phi) is 17.0. The molecule has 0 saturated carbocycles. The highest BCUT2D eigenvalue weighted by atomic mass is 35.5. The molecule has 0 radical (unpaired) electrons. The van der Waals surface area contributed by atoms with Crippen LogP contribution in [0.3, 0.4) is 0 Å². The van der Waals surface area contributed by atoms with Gasteiger partial charge in [-0.15, -0.1) is 0 Å². The molecule has 4 heteroatoms. The molecule has 134 valence electrons. The minimum absolute atomic E-state index is 0. The van der Waals surface area contributed by atoms with Gasteiger partial charge >= 0.3 is 0 Å². The van der Waals surface area contributed by atoms with Gasteiger partial charge in [0, 0.05) is 6.42 Å². The topological polar surface area (TPSA) is 29.1 Å². The van der Waals surface area contributed by atoms with Crippen molar-refractivity contribution in [3.05, 3.63) is 0 Å². The molecule has 0 spiro atoms. The van der Waals surface area contributed by atoms with E-state index >= 15 is 0 Å². The summed E-state index contributed by atoms with van der Waals surface area (Å²) in [5, 5.41) is 3.02. The van der Waals surface area contributed by atoms with Crippen molar-refractivity contribution >= 4 is 5.91 Å². The second-order valence-electron chi connectivity index (χ2n) is 7.30. The highest BCUT2D eigenvalue weighted by Gasteiger charge is 2.07. The van der Waals surface area contributed by atoms with E-state index < -0.39 is 0 Å². The summed E-state index contributed by atoms with van der Waals surface area (Å²) >= 11 is 0. The van der Waals surface area contributed by atoms with Crippen molar-refractivity contribution < 1.29 is 21.7 Å². The Morgan fingerprint density at radius 2 is 1.27 bits per heavy atom. The van der Waals surface area contributed by atoms with Gasteiger partial charge in [0.1, 0.15) is 0 Å². The van der Waals surface area contributed by atoms with E-state index in [-0.39, 0.29) is 18.3 Å². The fourth-order valence-electron chi connectivity index (χ4n) is 2.39. The molecule has 0 atom stereocenters. The highest BCUT2D eigenvalue weighted by molar-refractivity contribution is 5.75. The number of nitrogens with zero attached hydrogens (tertiary/aromatic N) is 1. The van der Waals surface area contributed by atoms with Crippen LogP contribution in [0.1, 0.15) is 77.6 Å². The molecule has 0 unspecified atom stereocenters. The number of carbonyl (C=O) groups excluding carboxylic acids is 1. The molecule has 0 aliphatic heterocycles. The highest BCUT2D eigenvalue weighted by Crippen LogP contribution is 2.11. The van der Waals surface area contributed by atoms with Gasteiger partial charge in [-0.05, 0) is 6.42 Å². The molecule has 0 aromatic heterocycles. The van der Waals surface area contributed by atoms with Crippen LogP contribution >= 0.6 is 0 Å². The predicted octanol–water partition coefficient (Wildman–Crippen LogP) is 1.12. The molecule has 0 aromatic carbocycles. The quantitative estimate of drug-likeness (QED) is 0.374. The molecule has 0 fully saturated rings. The Hall–Kier alpha value is -0.280. The molecule has 0 saturated heterocycles. The third-order valence-electron chi connectivity index (χ3n) is 3.86. The maximum Gasteiger partial charge on any atom is 0.220 e. The number of amides is 1. The van der Waals surface area contributed by atoms with E-state index in [0.717, 1.165) is 24.0 Å². The summed E-state index contributed by atoms with van der Waals surface area (Å²) in [7, 11) is 6.44. The average molecular weight is 335 g/mol. The number of nitrogens with one attached hydrogen (secondary N) is 1. The van der Waals surface area contributed by atoms with Crippen LogP contribution in [0, 0.1) is 0 Å². The van der Waals surface area contributed by atoms with Crippen LogP contribution in [0.4, 0.5) is 0 Å². The van der Waals surface area contributed by atoms with Crippen LogP contribution in [-0.4, -0.2) is 44.6 Å². The normalized spacial score (nSPS) is 11.1. The summed E-state index contributed by atoms with van der Waals surface area (Å²) in [6, 6.07) is 0. The van der Waals surface area contributed by atoms with Crippen molar-refractivity contribution in [1.82, 2.24) is 5.32 Å². The summed E-state index contributed by atoms with van der Waals surface area (Å²) < 4.78 is 0.901. The molecular formula is C18H39ClN2O. The van der Waals surface area contributed by atoms with Crippen LogP contribution < -0.4 is 17.7 Å². The van der Waals surface area contributed by atoms with Crippen LogP contribution in [0.5, 0.6) is 0 Å². The van der Waals surface area contributed by atoms with Crippen LogP contribution in [0.25, 0.3) is 0 Å². The zero-order valence-corrected chi connectivity index (χ0v) is 16.2. The van der Waals surface area contributed by atoms with E-state index in [9.17, 15) is 4.79 Å². The molecule has 0 aromatic rings. The summed E-state index contributed by atoms with van der Waals surface area (Å²) in [5.74, 6) is 0.225. The zero-order chi connectivity index (χ0) is 16.0. The Morgan fingerprint density at radius 1 is 0.818 bits per heavy atom. The van der Waals surface area contributed by atoms with Crippen LogP contribution in [-0.2, 0) is 4.79 Å². The molecule has 22 heavy (non-hydrogen) atoms. The first kappa shape index (κ1) is 24.0. The fourth-order valence-corrected chi connectivity index (χ4v) is 2.39. The molecule has 0 aliphatic carbocycles. The zero-order valence-electron chi connectivity index (χ0n) is 15.4. The van der Waals surface area contributed by atoms with Gasteiger partial charge < -0.3 is 22.2 Å². The standard InChI is InChI=1S/C18H38N2O.ClH/c1-5-6-7-8-9-10-11-12-13-14-15-18(21)19-16-17-20(2,3)4;/h5-17H2,1-4H3;1H. The van der Waals surface area contributed by atoms with E-state index in [1.54, 1.807) is 0 Å². The Bertz CT molecular complexity index is 252. The molecule has 0 rings (SSSR count). The van der Waals surface area contributed by atoms with Crippen molar-refractivity contribution in [2.75, 3.05) is 34.2 Å². The largest absolute Gasteiger partial charge is 1.00 e. The Morgan fingerprint density at radius 3 is 1.73 bits per heavy atom. The molecule has 0 heterocycles. The van der Waals surface area contributed by atoms with Gasteiger partial charge in [0.05, 0.1) is 34.2 Å². The lowest BCUT2D eigenvalue weighted by atomic mass is 10.1. The van der Waals surface area contributed by atoms with Crippen molar-refractivity contribution in [2.24, 2.45) is 0 Å². The van der Waals surface area contributed by atoms with Crippen molar-refractivity contribution in [2.45, 2.75) is 77.6 Å². The second kappa shape index (κ2) is 15.6. The van der Waals surface area contributed by atoms with Gasteiger partial charge in [0.15, 0.2) is 0 Å². The van der Waals surface area contributed by atoms with Gasteiger partial charge in [-0.1, -0.05) is 64.7 Å². The van der Waals surface area contributed by atoms with Crippen molar-refractivity contribution in [1.29, 1.82) is 0 Å². The van der Waals surface area contributed by atoms with Crippen LogP contribution in [0.2, 0.25) is 0 Å². The van der Waals surface area contributed by atoms with Gasteiger partial charge in [-0.3, -0.25) is 4.79 Å². The van der Waals surface area contributed by atoms with Crippen molar-refractivity contribution in [3.8, 4) is 0 Å². The monoisotopic (exact) mass is 334 g/mol. The maximum atomic E-state index is 11.6. The predicted molar refractivity (Wildman–Crippen MR) is 92.4 cm³/mol. The summed E-state index contributed by atoms with van der Waals surface area (Å²) in [6.45, 7) is 4.04. The minimum atomic E-state index is 0. The first-order valence-corrected chi connectivity index (χ1v) is 9.03. The number of carbonyl (C=O) groups is 1. The first-order chi connectivity index (χ1) is 9.95. The SMILES string of the molecule is CCCCCCCCCCCCC(=O)NCC[N+](C)(C)C.[Cl-]. The number of hydrogen-bond acceptors (Lipinski definition) is 1. The lowest BCUT2D eigenvalue weighted by Crippen LogP contribution is -3.00. The first-order valence-electron chi connectivity index (χ1n) is 9.03. The third kappa shape index (κ3) is 19.7. The summed E-state index contributed by atoms with van der Waals surface area (Å²) in [5.41, 5.74) is 0. The van der Waals surface area contributed by atoms with E-state index in [1.807, 2.05) is 0 Å². The molecular weight excluding hydrogens is 296 g/mol. The summed E-state index contributed by atoms with van der Waals surface area (Å²) in [4.78, 5) is 11.6. The maximum absolute atomic E-state index is 11.6. The van der Waals surface area contributed by atoms with Gasteiger partial charge in [0.2, 0.25) is 5.91 Å². The average Bonchev–Trinajstić information content (AvgIpc) is 2.39. The van der Waals surface area contributed by atoms with E-state index in [2.05, 4.69) is 33.4 Å². The number of quaternary nitrogens is 1. The number of hydrogen-bond donors (Lipinski definition) is 1. The van der Waals surface area contributed by atoms with E-state index in [0.29, 0.717) is 6.42 Å². The Labute approximate surface area is 145 Å². The van der Waals surface area contributed by atoms with Crippen molar-refractivity contribution in [3.63, 3.8) is 0 Å². The van der Waals surface area contributed by atoms with E-state index in [1.165, 1.54) is 57.8 Å². The van der Waals surface area contributed by atoms with Crippen LogP contribution in [0.15, 0.2) is 0 Å². The van der Waals surface area contributed by atoms with Gasteiger partial charge in [-0.2, -0.15) is 0 Å². The third-order valence-corrected chi connectivity index (χ3v) is 3.86. The number of likely N-dealkylation sites (N-methyl/N-ethyl adjacent to an activating group) is 1.